The van der Waals surface area contributed by atoms with E-state index in [0.717, 1.165) is 33.3 Å². The third-order valence-electron chi connectivity index (χ3n) is 4.30. The van der Waals surface area contributed by atoms with Gasteiger partial charge >= 0.3 is 5.63 Å². The minimum atomic E-state index is -0.448. The lowest BCUT2D eigenvalue weighted by molar-refractivity contribution is -0.118. The van der Waals surface area contributed by atoms with Gasteiger partial charge in [-0.05, 0) is 50.5 Å². The number of ether oxygens (including phenoxy) is 1. The minimum absolute atomic E-state index is 0.214. The molecule has 0 fully saturated rings. The van der Waals surface area contributed by atoms with Crippen molar-refractivity contribution in [3.8, 4) is 5.75 Å². The first kappa shape index (κ1) is 19.0. The Morgan fingerprint density at radius 3 is 2.37 bits per heavy atom. The van der Waals surface area contributed by atoms with Crippen molar-refractivity contribution < 1.29 is 13.9 Å². The van der Waals surface area contributed by atoms with E-state index in [1.54, 1.807) is 13.0 Å². The first-order chi connectivity index (χ1) is 12.7. The molecule has 0 saturated carbocycles. The van der Waals surface area contributed by atoms with Crippen LogP contribution in [0.25, 0.3) is 11.0 Å². The van der Waals surface area contributed by atoms with Gasteiger partial charge in [0.2, 0.25) is 0 Å². The van der Waals surface area contributed by atoms with Crippen molar-refractivity contribution in [1.82, 2.24) is 0 Å². The summed E-state index contributed by atoms with van der Waals surface area (Å²) in [5, 5.41) is 3.94. The van der Waals surface area contributed by atoms with E-state index in [9.17, 15) is 9.59 Å². The van der Waals surface area contributed by atoms with Crippen LogP contribution >= 0.6 is 11.6 Å². The van der Waals surface area contributed by atoms with Gasteiger partial charge in [0.25, 0.3) is 5.91 Å². The molecular formula is C21H20ClNO4. The van der Waals surface area contributed by atoms with Gasteiger partial charge in [-0.1, -0.05) is 29.3 Å². The van der Waals surface area contributed by atoms with Crippen LogP contribution < -0.4 is 15.7 Å². The van der Waals surface area contributed by atoms with Gasteiger partial charge in [-0.3, -0.25) is 4.79 Å². The number of amides is 1. The van der Waals surface area contributed by atoms with Crippen molar-refractivity contribution in [1.29, 1.82) is 0 Å². The maximum Gasteiger partial charge on any atom is 0.336 e. The molecule has 27 heavy (non-hydrogen) atoms. The molecule has 1 amide bonds. The Kier molecular flexibility index (Phi) is 5.24. The van der Waals surface area contributed by atoms with Crippen LogP contribution in [0.2, 0.25) is 5.02 Å². The van der Waals surface area contributed by atoms with E-state index < -0.39 is 5.63 Å². The highest BCUT2D eigenvalue weighted by atomic mass is 35.5. The van der Waals surface area contributed by atoms with Gasteiger partial charge in [-0.15, -0.1) is 0 Å². The molecule has 0 saturated heterocycles. The second-order valence-corrected chi connectivity index (χ2v) is 7.05. The number of carbonyl (C=O) groups is 1. The van der Waals surface area contributed by atoms with Crippen molar-refractivity contribution >= 4 is 34.2 Å². The standard InChI is InChI=1S/C21H20ClNO4/c1-11-5-13(3)21(14(4)6-11)23-19(24)10-26-18-9-17-15(8-16(18)22)12(2)7-20(25)27-17/h5-9H,10H2,1-4H3,(H,23,24). The number of aryl methyl sites for hydroxylation is 4. The average molecular weight is 386 g/mol. The van der Waals surface area contributed by atoms with Gasteiger partial charge in [0.05, 0.1) is 5.02 Å². The highest BCUT2D eigenvalue weighted by Crippen LogP contribution is 2.31. The Bertz CT molecular complexity index is 1080. The zero-order valence-corrected chi connectivity index (χ0v) is 16.4. The summed E-state index contributed by atoms with van der Waals surface area (Å²) in [6, 6.07) is 8.61. The summed E-state index contributed by atoms with van der Waals surface area (Å²) in [5.41, 5.74) is 4.57. The van der Waals surface area contributed by atoms with E-state index in [-0.39, 0.29) is 18.3 Å². The number of rotatable bonds is 4. The minimum Gasteiger partial charge on any atom is -0.482 e. The molecule has 5 nitrogen and oxygen atoms in total. The first-order valence-corrected chi connectivity index (χ1v) is 8.87. The molecular weight excluding hydrogens is 366 g/mol. The third kappa shape index (κ3) is 4.14. The van der Waals surface area contributed by atoms with Crippen LogP contribution in [0.4, 0.5) is 5.69 Å². The molecule has 0 atom stereocenters. The summed E-state index contributed by atoms with van der Waals surface area (Å²) in [7, 11) is 0. The van der Waals surface area contributed by atoms with E-state index in [2.05, 4.69) is 5.32 Å². The number of hydrogen-bond acceptors (Lipinski definition) is 4. The van der Waals surface area contributed by atoms with E-state index in [1.165, 1.54) is 12.1 Å². The normalized spacial score (nSPS) is 10.9. The lowest BCUT2D eigenvalue weighted by Crippen LogP contribution is -2.21. The zero-order valence-electron chi connectivity index (χ0n) is 15.6. The molecule has 0 aliphatic heterocycles. The molecule has 2 aromatic carbocycles. The summed E-state index contributed by atoms with van der Waals surface area (Å²) >= 11 is 6.25. The number of benzene rings is 2. The Morgan fingerprint density at radius 2 is 1.70 bits per heavy atom. The third-order valence-corrected chi connectivity index (χ3v) is 4.60. The number of nitrogens with one attached hydrogen (secondary N) is 1. The van der Waals surface area contributed by atoms with Crippen molar-refractivity contribution in [3.05, 3.63) is 68.0 Å². The quantitative estimate of drug-likeness (QED) is 0.661. The Labute approximate surface area is 161 Å². The fourth-order valence-electron chi connectivity index (χ4n) is 3.13. The number of halogens is 1. The van der Waals surface area contributed by atoms with Gasteiger partial charge in [-0.25, -0.2) is 4.79 Å². The van der Waals surface area contributed by atoms with Crippen LogP contribution in [-0.4, -0.2) is 12.5 Å². The van der Waals surface area contributed by atoms with Crippen molar-refractivity contribution in [3.63, 3.8) is 0 Å². The molecule has 1 N–H and O–H groups in total. The highest BCUT2D eigenvalue weighted by molar-refractivity contribution is 6.32. The van der Waals surface area contributed by atoms with Crippen molar-refractivity contribution in [2.45, 2.75) is 27.7 Å². The van der Waals surface area contributed by atoms with Gasteiger partial charge in [-0.2, -0.15) is 0 Å². The molecule has 1 heterocycles. The fourth-order valence-corrected chi connectivity index (χ4v) is 3.34. The average Bonchev–Trinajstić information content (AvgIpc) is 2.57. The van der Waals surface area contributed by atoms with E-state index in [0.29, 0.717) is 10.6 Å². The molecule has 0 spiro atoms. The summed E-state index contributed by atoms with van der Waals surface area (Å²) in [6.45, 7) is 7.49. The van der Waals surface area contributed by atoms with Gasteiger partial charge < -0.3 is 14.5 Å². The Morgan fingerprint density at radius 1 is 1.04 bits per heavy atom. The van der Waals surface area contributed by atoms with Crippen LogP contribution in [0.3, 0.4) is 0 Å². The molecule has 3 aromatic rings. The number of hydrogen-bond donors (Lipinski definition) is 1. The maximum absolute atomic E-state index is 12.3. The van der Waals surface area contributed by atoms with Gasteiger partial charge in [0.1, 0.15) is 11.3 Å². The predicted octanol–water partition coefficient (Wildman–Crippen LogP) is 4.70. The topological polar surface area (TPSA) is 68.5 Å². The van der Waals surface area contributed by atoms with Crippen LogP contribution in [0.1, 0.15) is 22.3 Å². The number of fused-ring (bicyclic) bond motifs is 1. The SMILES string of the molecule is Cc1cc(C)c(NC(=O)COc2cc3oc(=O)cc(C)c3cc2Cl)c(C)c1. The monoisotopic (exact) mass is 385 g/mol. The van der Waals surface area contributed by atoms with Crippen LogP contribution in [0.5, 0.6) is 5.75 Å². The molecule has 0 bridgehead atoms. The Balaban J connectivity index is 1.78. The van der Waals surface area contributed by atoms with E-state index >= 15 is 0 Å². The molecule has 0 aliphatic rings. The molecule has 6 heteroatoms. The molecule has 0 unspecified atom stereocenters. The summed E-state index contributed by atoms with van der Waals surface area (Å²) in [6.07, 6.45) is 0. The van der Waals surface area contributed by atoms with E-state index in [4.69, 9.17) is 20.8 Å². The van der Waals surface area contributed by atoms with Crippen molar-refractivity contribution in [2.75, 3.05) is 11.9 Å². The Hall–Kier alpha value is -2.79. The van der Waals surface area contributed by atoms with Gasteiger partial charge in [0, 0.05) is 23.2 Å². The summed E-state index contributed by atoms with van der Waals surface area (Å²) in [5.74, 6) is -0.0164. The molecule has 0 aliphatic carbocycles. The summed E-state index contributed by atoms with van der Waals surface area (Å²) in [4.78, 5) is 23.9. The van der Waals surface area contributed by atoms with Gasteiger partial charge in [0.15, 0.2) is 6.61 Å². The van der Waals surface area contributed by atoms with Crippen LogP contribution in [0.15, 0.2) is 39.5 Å². The lowest BCUT2D eigenvalue weighted by Gasteiger charge is -2.14. The predicted molar refractivity (Wildman–Crippen MR) is 107 cm³/mol. The van der Waals surface area contributed by atoms with Crippen LogP contribution in [-0.2, 0) is 4.79 Å². The maximum atomic E-state index is 12.3. The zero-order chi connectivity index (χ0) is 19.7. The first-order valence-electron chi connectivity index (χ1n) is 8.49. The number of anilines is 1. The highest BCUT2D eigenvalue weighted by Gasteiger charge is 2.12. The lowest BCUT2D eigenvalue weighted by atomic mass is 10.1. The molecule has 3 rings (SSSR count). The summed E-state index contributed by atoms with van der Waals surface area (Å²) < 4.78 is 10.7. The second-order valence-electron chi connectivity index (χ2n) is 6.64. The van der Waals surface area contributed by atoms with E-state index in [1.807, 2.05) is 32.9 Å². The molecule has 0 radical (unpaired) electrons. The second kappa shape index (κ2) is 7.45. The smallest absolute Gasteiger partial charge is 0.336 e. The number of carbonyl (C=O) groups excluding carboxylic acids is 1. The van der Waals surface area contributed by atoms with Crippen LogP contribution in [0, 0.1) is 27.7 Å². The molecule has 1 aromatic heterocycles. The fraction of sp³-hybridized carbons (Fsp3) is 0.238. The largest absolute Gasteiger partial charge is 0.482 e. The van der Waals surface area contributed by atoms with Crippen molar-refractivity contribution in [2.24, 2.45) is 0 Å². The molecule has 140 valence electrons.